The van der Waals surface area contributed by atoms with Gasteiger partial charge in [0, 0.05) is 13.3 Å². The highest BCUT2D eigenvalue weighted by Gasteiger charge is 2.34. The summed E-state index contributed by atoms with van der Waals surface area (Å²) in [6.07, 6.45) is -0.510. The third kappa shape index (κ3) is 2.62. The zero-order chi connectivity index (χ0) is 10.8. The van der Waals surface area contributed by atoms with E-state index in [1.807, 2.05) is 13.0 Å². The zero-order valence-electron chi connectivity index (χ0n) is 8.18. The molecule has 76 valence electrons. The second kappa shape index (κ2) is 3.86. The average Bonchev–Trinajstić information content (AvgIpc) is 2.02. The van der Waals surface area contributed by atoms with Crippen LogP contribution in [0.3, 0.4) is 0 Å². The van der Waals surface area contributed by atoms with Crippen molar-refractivity contribution in [3.05, 3.63) is 35.4 Å². The molecule has 0 N–H and O–H groups in total. The Morgan fingerprint density at radius 1 is 1.43 bits per heavy atom. The minimum atomic E-state index is -3.24. The summed E-state index contributed by atoms with van der Waals surface area (Å²) in [5, 5.41) is 0. The largest absolute Gasteiger partial charge is 0.308 e. The Hall–Kier alpha value is -1.25. The molecule has 0 unspecified atom stereocenters. The third-order valence-electron chi connectivity index (χ3n) is 2.02. The van der Waals surface area contributed by atoms with Crippen LogP contribution in [-0.4, -0.2) is 11.7 Å². The Morgan fingerprint density at radius 2 is 2.07 bits per heavy atom. The second-order valence-corrected chi connectivity index (χ2v) is 3.43. The highest BCUT2D eigenvalue weighted by atomic mass is 19.3. The molecule has 0 atom stereocenters. The third-order valence-corrected chi connectivity index (χ3v) is 2.02. The van der Waals surface area contributed by atoms with Gasteiger partial charge in [-0.25, -0.2) is 0 Å². The van der Waals surface area contributed by atoms with E-state index >= 15 is 0 Å². The van der Waals surface area contributed by atoms with E-state index in [1.54, 1.807) is 18.2 Å². The molecular formula is C11H12F2O. The Balaban J connectivity index is 2.83. The summed E-state index contributed by atoms with van der Waals surface area (Å²) < 4.78 is 26.0. The van der Waals surface area contributed by atoms with Crippen LogP contribution in [-0.2, 0) is 11.2 Å². The van der Waals surface area contributed by atoms with E-state index in [0.717, 1.165) is 12.5 Å². The standard InChI is InChI=1S/C11H12F2O/c1-8-4-3-5-10(6-8)7-11(12,13)9(2)14/h3-6H,7H2,1-2H3. The molecule has 0 heterocycles. The molecule has 0 fully saturated rings. The van der Waals surface area contributed by atoms with E-state index in [4.69, 9.17) is 0 Å². The van der Waals surface area contributed by atoms with Crippen molar-refractivity contribution in [2.24, 2.45) is 0 Å². The van der Waals surface area contributed by atoms with E-state index < -0.39 is 18.1 Å². The Morgan fingerprint density at radius 3 is 2.57 bits per heavy atom. The van der Waals surface area contributed by atoms with Crippen LogP contribution in [0.1, 0.15) is 18.1 Å². The first-order chi connectivity index (χ1) is 6.42. The maximum Gasteiger partial charge on any atom is 0.308 e. The summed E-state index contributed by atoms with van der Waals surface area (Å²) in [4.78, 5) is 10.6. The summed E-state index contributed by atoms with van der Waals surface area (Å²) in [6, 6.07) is 6.80. The fraction of sp³-hybridized carbons (Fsp3) is 0.364. The van der Waals surface area contributed by atoms with Crippen molar-refractivity contribution in [2.75, 3.05) is 0 Å². The van der Waals surface area contributed by atoms with Gasteiger partial charge in [-0.1, -0.05) is 29.8 Å². The van der Waals surface area contributed by atoms with Crippen LogP contribution in [0.15, 0.2) is 24.3 Å². The highest BCUT2D eigenvalue weighted by molar-refractivity contribution is 5.83. The first kappa shape index (κ1) is 10.8. The van der Waals surface area contributed by atoms with Gasteiger partial charge in [0.25, 0.3) is 0 Å². The average molecular weight is 198 g/mol. The van der Waals surface area contributed by atoms with Gasteiger partial charge in [-0.15, -0.1) is 0 Å². The van der Waals surface area contributed by atoms with E-state index in [9.17, 15) is 13.6 Å². The van der Waals surface area contributed by atoms with Gasteiger partial charge in [0.2, 0.25) is 0 Å². The Kier molecular flexibility index (Phi) is 2.99. The maximum absolute atomic E-state index is 13.0. The lowest BCUT2D eigenvalue weighted by Crippen LogP contribution is -2.28. The van der Waals surface area contributed by atoms with Crippen LogP contribution in [0, 0.1) is 6.92 Å². The fourth-order valence-electron chi connectivity index (χ4n) is 1.20. The van der Waals surface area contributed by atoms with Gasteiger partial charge in [-0.2, -0.15) is 8.78 Å². The van der Waals surface area contributed by atoms with Crippen molar-refractivity contribution in [3.63, 3.8) is 0 Å². The minimum Gasteiger partial charge on any atom is -0.293 e. The van der Waals surface area contributed by atoms with Crippen LogP contribution in [0.2, 0.25) is 0 Å². The number of carbonyl (C=O) groups excluding carboxylic acids is 1. The van der Waals surface area contributed by atoms with Gasteiger partial charge in [0.1, 0.15) is 0 Å². The number of benzene rings is 1. The minimum absolute atomic E-state index is 0.491. The van der Waals surface area contributed by atoms with E-state index in [0.29, 0.717) is 5.56 Å². The topological polar surface area (TPSA) is 17.1 Å². The van der Waals surface area contributed by atoms with E-state index in [-0.39, 0.29) is 0 Å². The summed E-state index contributed by atoms with van der Waals surface area (Å²) in [7, 11) is 0. The number of carbonyl (C=O) groups is 1. The molecule has 0 saturated carbocycles. The summed E-state index contributed by atoms with van der Waals surface area (Å²) in [5.41, 5.74) is 1.41. The molecule has 3 heteroatoms. The van der Waals surface area contributed by atoms with Gasteiger partial charge >= 0.3 is 5.92 Å². The summed E-state index contributed by atoms with van der Waals surface area (Å²) in [6.45, 7) is 2.74. The lowest BCUT2D eigenvalue weighted by molar-refractivity contribution is -0.140. The fourth-order valence-corrected chi connectivity index (χ4v) is 1.20. The van der Waals surface area contributed by atoms with Crippen molar-refractivity contribution in [3.8, 4) is 0 Å². The zero-order valence-corrected chi connectivity index (χ0v) is 8.18. The number of rotatable bonds is 3. The molecule has 0 amide bonds. The number of aryl methyl sites for hydroxylation is 1. The van der Waals surface area contributed by atoms with Crippen LogP contribution in [0.4, 0.5) is 8.78 Å². The first-order valence-corrected chi connectivity index (χ1v) is 4.36. The smallest absolute Gasteiger partial charge is 0.293 e. The predicted octanol–water partition coefficient (Wildman–Crippen LogP) is 2.76. The summed E-state index contributed by atoms with van der Waals surface area (Å²) >= 11 is 0. The van der Waals surface area contributed by atoms with Crippen molar-refractivity contribution >= 4 is 5.78 Å². The van der Waals surface area contributed by atoms with Crippen molar-refractivity contribution in [1.29, 1.82) is 0 Å². The normalized spacial score (nSPS) is 11.4. The molecule has 0 aliphatic heterocycles. The second-order valence-electron chi connectivity index (χ2n) is 3.43. The first-order valence-electron chi connectivity index (χ1n) is 4.36. The Labute approximate surface area is 81.7 Å². The van der Waals surface area contributed by atoms with Gasteiger partial charge in [0.15, 0.2) is 5.78 Å². The van der Waals surface area contributed by atoms with E-state index in [2.05, 4.69) is 0 Å². The van der Waals surface area contributed by atoms with Crippen LogP contribution < -0.4 is 0 Å². The molecule has 1 nitrogen and oxygen atoms in total. The van der Waals surface area contributed by atoms with Crippen LogP contribution in [0.25, 0.3) is 0 Å². The maximum atomic E-state index is 13.0. The lowest BCUT2D eigenvalue weighted by Gasteiger charge is -2.12. The molecular weight excluding hydrogens is 186 g/mol. The molecule has 1 rings (SSSR count). The number of hydrogen-bond acceptors (Lipinski definition) is 1. The molecule has 0 aliphatic carbocycles. The number of Topliss-reactive ketones (excluding diaryl/α,β-unsaturated/α-hetero) is 1. The SMILES string of the molecule is CC(=O)C(F)(F)Cc1cccc(C)c1. The molecule has 14 heavy (non-hydrogen) atoms. The Bertz CT molecular complexity index is 345. The van der Waals surface area contributed by atoms with Crippen LogP contribution in [0.5, 0.6) is 0 Å². The van der Waals surface area contributed by atoms with Crippen molar-refractivity contribution in [2.45, 2.75) is 26.2 Å². The van der Waals surface area contributed by atoms with E-state index in [1.165, 1.54) is 0 Å². The molecule has 1 aromatic carbocycles. The molecule has 1 aromatic rings. The van der Waals surface area contributed by atoms with Gasteiger partial charge < -0.3 is 0 Å². The van der Waals surface area contributed by atoms with Crippen LogP contribution >= 0.6 is 0 Å². The molecule has 0 aromatic heterocycles. The van der Waals surface area contributed by atoms with Gasteiger partial charge in [0.05, 0.1) is 0 Å². The van der Waals surface area contributed by atoms with Crippen molar-refractivity contribution < 1.29 is 13.6 Å². The molecule has 0 aliphatic rings. The molecule has 0 saturated heterocycles. The summed E-state index contributed by atoms with van der Waals surface area (Å²) in [5.74, 6) is -4.33. The number of hydrogen-bond donors (Lipinski definition) is 0. The monoisotopic (exact) mass is 198 g/mol. The highest BCUT2D eigenvalue weighted by Crippen LogP contribution is 2.21. The number of ketones is 1. The van der Waals surface area contributed by atoms with Crippen molar-refractivity contribution in [1.82, 2.24) is 0 Å². The quantitative estimate of drug-likeness (QED) is 0.729. The number of halogens is 2. The predicted molar refractivity (Wildman–Crippen MR) is 50.5 cm³/mol. The lowest BCUT2D eigenvalue weighted by atomic mass is 10.0. The molecule has 0 spiro atoms. The molecule has 0 radical (unpaired) electrons. The van der Waals surface area contributed by atoms with Gasteiger partial charge in [-0.3, -0.25) is 4.79 Å². The molecule has 0 bridgehead atoms. The van der Waals surface area contributed by atoms with Gasteiger partial charge in [-0.05, 0) is 12.5 Å². The number of alkyl halides is 2.